The minimum atomic E-state index is -0.688. The molecule has 6 nitrogen and oxygen atoms in total. The number of rotatable bonds is 2. The molecule has 1 N–H and O–H groups in total. The predicted octanol–water partition coefficient (Wildman–Crippen LogP) is 4.07. The Labute approximate surface area is 157 Å². The first kappa shape index (κ1) is 16.6. The van der Waals surface area contributed by atoms with Crippen LogP contribution in [0.25, 0.3) is 17.1 Å². The van der Waals surface area contributed by atoms with Gasteiger partial charge in [0.25, 0.3) is 0 Å². The lowest BCUT2D eigenvalue weighted by Gasteiger charge is -2.24. The van der Waals surface area contributed by atoms with E-state index >= 15 is 0 Å². The van der Waals surface area contributed by atoms with E-state index < -0.39 is 17.6 Å². The number of anilines is 1. The summed E-state index contributed by atoms with van der Waals surface area (Å²) in [6.45, 7) is 1.78. The van der Waals surface area contributed by atoms with Crippen molar-refractivity contribution in [3.63, 3.8) is 0 Å². The number of hydrogen-bond donors (Lipinski definition) is 1. The fourth-order valence-corrected chi connectivity index (χ4v) is 3.70. The lowest BCUT2D eigenvalue weighted by Crippen LogP contribution is -2.25. The normalized spacial score (nSPS) is 16.2. The molecule has 8 heteroatoms. The van der Waals surface area contributed by atoms with Crippen molar-refractivity contribution in [2.45, 2.75) is 19.3 Å². The van der Waals surface area contributed by atoms with E-state index in [1.165, 1.54) is 16.8 Å². The molecule has 4 aromatic rings. The number of oxazole rings is 1. The lowest BCUT2D eigenvalue weighted by atomic mass is 9.85. The molecule has 0 saturated carbocycles. The molecule has 0 unspecified atom stereocenters. The van der Waals surface area contributed by atoms with Gasteiger partial charge in [-0.25, -0.2) is 8.78 Å². The van der Waals surface area contributed by atoms with Gasteiger partial charge in [-0.2, -0.15) is 14.8 Å². The zero-order valence-electron chi connectivity index (χ0n) is 14.7. The first-order chi connectivity index (χ1) is 13.5. The summed E-state index contributed by atoms with van der Waals surface area (Å²) in [4.78, 5) is 16.8. The van der Waals surface area contributed by atoms with Gasteiger partial charge in [-0.1, -0.05) is 12.1 Å². The highest BCUT2D eigenvalue weighted by Crippen LogP contribution is 2.40. The van der Waals surface area contributed by atoms with Gasteiger partial charge in [0.05, 0.1) is 5.69 Å². The molecular weight excluding hydrogens is 366 g/mol. The molecule has 0 bridgehead atoms. The molecule has 0 radical (unpaired) electrons. The Balaban J connectivity index is 1.69. The molecular formula is C20H14F2N4O2. The van der Waals surface area contributed by atoms with Crippen molar-refractivity contribution >= 4 is 22.8 Å². The van der Waals surface area contributed by atoms with Crippen LogP contribution in [-0.4, -0.2) is 20.7 Å². The van der Waals surface area contributed by atoms with Crippen LogP contribution in [0.4, 0.5) is 14.6 Å². The molecule has 1 atom stereocenters. The summed E-state index contributed by atoms with van der Waals surface area (Å²) >= 11 is 0. The van der Waals surface area contributed by atoms with Gasteiger partial charge < -0.3 is 9.73 Å². The third kappa shape index (κ3) is 2.57. The third-order valence-electron chi connectivity index (χ3n) is 4.85. The van der Waals surface area contributed by atoms with Gasteiger partial charge in [0.2, 0.25) is 5.91 Å². The van der Waals surface area contributed by atoms with E-state index in [1.807, 2.05) is 18.2 Å². The highest BCUT2D eigenvalue weighted by Gasteiger charge is 2.34. The van der Waals surface area contributed by atoms with Crippen molar-refractivity contribution in [1.29, 1.82) is 0 Å². The molecule has 5 rings (SSSR count). The molecule has 140 valence electrons. The number of amides is 1. The maximum atomic E-state index is 13.8. The van der Waals surface area contributed by atoms with E-state index in [0.717, 1.165) is 6.07 Å². The largest absolute Gasteiger partial charge is 0.422 e. The second-order valence-corrected chi connectivity index (χ2v) is 6.73. The molecule has 0 saturated heterocycles. The zero-order valence-corrected chi connectivity index (χ0v) is 14.7. The topological polar surface area (TPSA) is 73.0 Å². The number of halogens is 2. The molecule has 0 aliphatic carbocycles. The minimum Gasteiger partial charge on any atom is -0.422 e. The SMILES string of the molecule is Cc1nn(-c2nc3ccccc3o2)c2c1[C@@H](c1cc(F)cc(F)c1)CC(=O)N2. The summed E-state index contributed by atoms with van der Waals surface area (Å²) < 4.78 is 34.7. The number of aromatic nitrogens is 3. The average Bonchev–Trinajstić information content (AvgIpc) is 3.21. The second-order valence-electron chi connectivity index (χ2n) is 6.73. The fourth-order valence-electron chi connectivity index (χ4n) is 3.70. The molecule has 2 aromatic heterocycles. The first-order valence-corrected chi connectivity index (χ1v) is 8.71. The fraction of sp³-hybridized carbons (Fsp3) is 0.150. The van der Waals surface area contributed by atoms with Gasteiger partial charge in [-0.05, 0) is 36.8 Å². The molecule has 2 aromatic carbocycles. The Morgan fingerprint density at radius 2 is 1.93 bits per heavy atom. The van der Waals surface area contributed by atoms with E-state index in [1.54, 1.807) is 13.0 Å². The Morgan fingerprint density at radius 1 is 1.18 bits per heavy atom. The van der Waals surface area contributed by atoms with Crippen LogP contribution in [0.2, 0.25) is 0 Å². The molecule has 28 heavy (non-hydrogen) atoms. The van der Waals surface area contributed by atoms with Crippen molar-refractivity contribution in [3.8, 4) is 6.01 Å². The number of carbonyl (C=O) groups excluding carboxylic acids is 1. The number of hydrogen-bond acceptors (Lipinski definition) is 4. The second kappa shape index (κ2) is 5.98. The standard InChI is InChI=1S/C20H14F2N4O2/c1-10-18-14(11-6-12(21)8-13(22)7-11)9-17(27)24-19(18)26(25-10)20-23-15-4-2-3-5-16(15)28-20/h2-8,14H,9H2,1H3,(H,24,27)/t14-/m1/s1. The van der Waals surface area contributed by atoms with Gasteiger partial charge in [-0.15, -0.1) is 0 Å². The minimum absolute atomic E-state index is 0.0655. The first-order valence-electron chi connectivity index (χ1n) is 8.71. The van der Waals surface area contributed by atoms with Crippen molar-refractivity contribution in [2.75, 3.05) is 5.32 Å². The monoisotopic (exact) mass is 380 g/mol. The summed E-state index contributed by atoms with van der Waals surface area (Å²) in [6, 6.07) is 10.8. The van der Waals surface area contributed by atoms with Gasteiger partial charge in [0, 0.05) is 24.0 Å². The number of aryl methyl sites for hydroxylation is 1. The van der Waals surface area contributed by atoms with Crippen LogP contribution >= 0.6 is 0 Å². The van der Waals surface area contributed by atoms with Crippen LogP contribution in [-0.2, 0) is 4.79 Å². The van der Waals surface area contributed by atoms with Crippen LogP contribution in [0.3, 0.4) is 0 Å². The summed E-state index contributed by atoms with van der Waals surface area (Å²) in [5, 5.41) is 7.27. The number of nitrogens with zero attached hydrogens (tertiary/aromatic N) is 3. The van der Waals surface area contributed by atoms with Crippen LogP contribution < -0.4 is 5.32 Å². The third-order valence-corrected chi connectivity index (χ3v) is 4.85. The molecule has 1 amide bonds. The lowest BCUT2D eigenvalue weighted by molar-refractivity contribution is -0.116. The highest BCUT2D eigenvalue weighted by molar-refractivity contribution is 5.95. The highest BCUT2D eigenvalue weighted by atomic mass is 19.1. The zero-order chi connectivity index (χ0) is 19.4. The van der Waals surface area contributed by atoms with Crippen LogP contribution in [0.1, 0.15) is 29.2 Å². The van der Waals surface area contributed by atoms with Gasteiger partial charge >= 0.3 is 6.01 Å². The smallest absolute Gasteiger partial charge is 0.325 e. The Kier molecular flexibility index (Phi) is 3.55. The quantitative estimate of drug-likeness (QED) is 0.569. The summed E-state index contributed by atoms with van der Waals surface area (Å²) in [6.07, 6.45) is 0.0655. The van der Waals surface area contributed by atoms with E-state index in [9.17, 15) is 13.6 Å². The molecule has 0 fully saturated rings. The summed E-state index contributed by atoms with van der Waals surface area (Å²) in [5.41, 5.74) is 2.93. The number of fused-ring (bicyclic) bond motifs is 2. The number of nitrogens with one attached hydrogen (secondary N) is 1. The molecule has 1 aliphatic heterocycles. The summed E-state index contributed by atoms with van der Waals surface area (Å²) in [7, 11) is 0. The molecule has 0 spiro atoms. The van der Waals surface area contributed by atoms with Crippen molar-refractivity contribution in [1.82, 2.24) is 14.8 Å². The average molecular weight is 380 g/mol. The Hall–Kier alpha value is -3.55. The van der Waals surface area contributed by atoms with Crippen LogP contribution in [0.15, 0.2) is 46.9 Å². The maximum Gasteiger partial charge on any atom is 0.325 e. The molecule has 1 aliphatic rings. The number of para-hydroxylation sites is 2. The van der Waals surface area contributed by atoms with Gasteiger partial charge in [-0.3, -0.25) is 4.79 Å². The van der Waals surface area contributed by atoms with Crippen molar-refractivity contribution in [2.24, 2.45) is 0 Å². The summed E-state index contributed by atoms with van der Waals surface area (Å²) in [5.74, 6) is -1.78. The van der Waals surface area contributed by atoms with E-state index in [2.05, 4.69) is 15.4 Å². The van der Waals surface area contributed by atoms with E-state index in [0.29, 0.717) is 33.7 Å². The maximum absolute atomic E-state index is 13.8. The Morgan fingerprint density at radius 3 is 2.68 bits per heavy atom. The predicted molar refractivity (Wildman–Crippen MR) is 97.3 cm³/mol. The number of carbonyl (C=O) groups is 1. The number of benzene rings is 2. The Bertz CT molecular complexity index is 1190. The van der Waals surface area contributed by atoms with Gasteiger partial charge in [0.1, 0.15) is 23.0 Å². The van der Waals surface area contributed by atoms with E-state index in [4.69, 9.17) is 4.42 Å². The van der Waals surface area contributed by atoms with Gasteiger partial charge in [0.15, 0.2) is 5.58 Å². The van der Waals surface area contributed by atoms with Crippen molar-refractivity contribution < 1.29 is 18.0 Å². The van der Waals surface area contributed by atoms with Crippen molar-refractivity contribution in [3.05, 3.63) is 70.9 Å². The van der Waals surface area contributed by atoms with E-state index in [-0.39, 0.29) is 18.3 Å². The van der Waals surface area contributed by atoms with Crippen LogP contribution in [0, 0.1) is 18.6 Å². The molecule has 3 heterocycles. The van der Waals surface area contributed by atoms with Crippen LogP contribution in [0.5, 0.6) is 0 Å².